The fourth-order valence-corrected chi connectivity index (χ4v) is 2.94. The molecule has 2 aromatic carbocycles. The first-order valence-electron chi connectivity index (χ1n) is 8.91. The Kier molecular flexibility index (Phi) is 5.91. The molecule has 0 bridgehead atoms. The highest BCUT2D eigenvalue weighted by atomic mass is 16.5. The molecule has 0 spiro atoms. The molecule has 1 atom stereocenters. The fraction of sp³-hybridized carbons (Fsp3) is 0.273. The van der Waals surface area contributed by atoms with Crippen LogP contribution in [0.1, 0.15) is 40.4 Å². The van der Waals surface area contributed by atoms with Crippen molar-refractivity contribution in [1.29, 1.82) is 0 Å². The van der Waals surface area contributed by atoms with Crippen molar-refractivity contribution >= 4 is 18.0 Å². The third kappa shape index (κ3) is 4.97. The summed E-state index contributed by atoms with van der Waals surface area (Å²) < 4.78 is 9.87. The van der Waals surface area contributed by atoms with Gasteiger partial charge in [-0.25, -0.2) is 4.79 Å². The maximum Gasteiger partial charge on any atom is 0.337 e. The van der Waals surface area contributed by atoms with E-state index in [1.165, 1.54) is 13.2 Å². The van der Waals surface area contributed by atoms with E-state index in [1.54, 1.807) is 37.5 Å². The number of carbonyl (C=O) groups is 2. The van der Waals surface area contributed by atoms with Crippen molar-refractivity contribution in [3.05, 3.63) is 71.3 Å². The minimum atomic E-state index is -0.380. The van der Waals surface area contributed by atoms with Crippen LogP contribution in [0.25, 0.3) is 6.08 Å². The minimum absolute atomic E-state index is 0.00903. The Balaban J connectivity index is 1.64. The van der Waals surface area contributed by atoms with Crippen LogP contribution in [0.4, 0.5) is 0 Å². The summed E-state index contributed by atoms with van der Waals surface area (Å²) in [4.78, 5) is 23.8. The van der Waals surface area contributed by atoms with Gasteiger partial charge in [0.1, 0.15) is 5.75 Å². The first kappa shape index (κ1) is 18.7. The Labute approximate surface area is 159 Å². The minimum Gasteiger partial charge on any atom is -0.497 e. The molecule has 1 aliphatic carbocycles. The molecule has 3 rings (SSSR count). The normalized spacial score (nSPS) is 14.6. The van der Waals surface area contributed by atoms with Gasteiger partial charge in [-0.15, -0.1) is 0 Å². The van der Waals surface area contributed by atoms with Gasteiger partial charge in [0.25, 0.3) is 0 Å². The summed E-state index contributed by atoms with van der Waals surface area (Å²) in [6, 6.07) is 14.7. The van der Waals surface area contributed by atoms with Gasteiger partial charge in [0.2, 0.25) is 5.91 Å². The van der Waals surface area contributed by atoms with Gasteiger partial charge >= 0.3 is 5.97 Å². The number of hydrogen-bond acceptors (Lipinski definition) is 4. The van der Waals surface area contributed by atoms with Crippen molar-refractivity contribution < 1.29 is 19.1 Å². The zero-order valence-electron chi connectivity index (χ0n) is 15.5. The van der Waals surface area contributed by atoms with E-state index < -0.39 is 0 Å². The predicted octanol–water partition coefficient (Wildman–Crippen LogP) is 3.76. The number of methoxy groups -OCH3 is 2. The molecular formula is C22H23NO4. The molecule has 1 N–H and O–H groups in total. The lowest BCUT2D eigenvalue weighted by Gasteiger charge is -2.18. The van der Waals surface area contributed by atoms with Gasteiger partial charge in [-0.2, -0.15) is 0 Å². The van der Waals surface area contributed by atoms with Crippen LogP contribution in [0.5, 0.6) is 5.75 Å². The van der Waals surface area contributed by atoms with Crippen molar-refractivity contribution in [1.82, 2.24) is 5.32 Å². The van der Waals surface area contributed by atoms with Crippen molar-refractivity contribution in [3.8, 4) is 5.75 Å². The maximum atomic E-state index is 12.4. The second kappa shape index (κ2) is 8.54. The van der Waals surface area contributed by atoms with Crippen molar-refractivity contribution in [3.63, 3.8) is 0 Å². The Bertz CT molecular complexity index is 820. The van der Waals surface area contributed by atoms with E-state index in [0.717, 1.165) is 29.7 Å². The van der Waals surface area contributed by atoms with Crippen LogP contribution in [-0.2, 0) is 9.53 Å². The molecule has 2 aromatic rings. The molecular weight excluding hydrogens is 342 g/mol. The number of rotatable bonds is 7. The summed E-state index contributed by atoms with van der Waals surface area (Å²) in [6.45, 7) is 0. The van der Waals surface area contributed by atoms with Gasteiger partial charge in [0, 0.05) is 6.08 Å². The van der Waals surface area contributed by atoms with E-state index in [1.807, 2.05) is 24.3 Å². The zero-order chi connectivity index (χ0) is 19.2. The number of benzene rings is 2. The van der Waals surface area contributed by atoms with E-state index in [9.17, 15) is 9.59 Å². The van der Waals surface area contributed by atoms with E-state index in [2.05, 4.69) is 10.1 Å². The highest BCUT2D eigenvalue weighted by molar-refractivity contribution is 5.92. The van der Waals surface area contributed by atoms with Gasteiger partial charge < -0.3 is 14.8 Å². The highest BCUT2D eigenvalue weighted by Gasteiger charge is 2.33. The number of ether oxygens (including phenoxy) is 2. The molecule has 5 nitrogen and oxygen atoms in total. The zero-order valence-corrected chi connectivity index (χ0v) is 15.5. The molecule has 1 aliphatic rings. The van der Waals surface area contributed by atoms with Crippen LogP contribution in [-0.4, -0.2) is 26.1 Å². The molecule has 0 aliphatic heterocycles. The number of amides is 1. The summed E-state index contributed by atoms with van der Waals surface area (Å²) in [5.74, 6) is 0.764. The van der Waals surface area contributed by atoms with Crippen LogP contribution >= 0.6 is 0 Å². The average Bonchev–Trinajstić information content (AvgIpc) is 3.55. The van der Waals surface area contributed by atoms with Crippen LogP contribution in [0.2, 0.25) is 0 Å². The molecule has 0 heterocycles. The van der Waals surface area contributed by atoms with Crippen molar-refractivity contribution in [2.75, 3.05) is 14.2 Å². The lowest BCUT2D eigenvalue weighted by molar-refractivity contribution is -0.117. The van der Waals surface area contributed by atoms with Crippen molar-refractivity contribution in [2.24, 2.45) is 5.92 Å². The highest BCUT2D eigenvalue weighted by Crippen LogP contribution is 2.41. The van der Waals surface area contributed by atoms with Gasteiger partial charge in [-0.3, -0.25) is 4.79 Å². The molecule has 5 heteroatoms. The van der Waals surface area contributed by atoms with E-state index in [0.29, 0.717) is 11.5 Å². The summed E-state index contributed by atoms with van der Waals surface area (Å²) in [7, 11) is 2.98. The third-order valence-electron chi connectivity index (χ3n) is 4.63. The number of nitrogens with one attached hydrogen (secondary N) is 1. The molecule has 1 fully saturated rings. The first-order valence-corrected chi connectivity index (χ1v) is 8.91. The first-order chi connectivity index (χ1) is 13.1. The molecule has 140 valence electrons. The quantitative estimate of drug-likeness (QED) is 0.599. The summed E-state index contributed by atoms with van der Waals surface area (Å²) in [6.07, 6.45) is 5.49. The molecule has 27 heavy (non-hydrogen) atoms. The van der Waals surface area contributed by atoms with E-state index >= 15 is 0 Å². The van der Waals surface area contributed by atoms with Crippen LogP contribution < -0.4 is 10.1 Å². The molecule has 0 aromatic heterocycles. The lowest BCUT2D eigenvalue weighted by Crippen LogP contribution is -2.28. The summed E-state index contributed by atoms with van der Waals surface area (Å²) in [5, 5.41) is 3.10. The maximum absolute atomic E-state index is 12.4. The average molecular weight is 365 g/mol. The predicted molar refractivity (Wildman–Crippen MR) is 103 cm³/mol. The standard InChI is InChI=1S/C22H23NO4/c1-26-19-12-10-17(11-13-19)21(16-8-9-16)23-20(24)14-5-15-3-6-18(7-4-15)22(25)27-2/h3-7,10-14,16,21H,8-9H2,1-2H3,(H,23,24)/b14-5+. The SMILES string of the molecule is COC(=O)c1ccc(/C=C/C(=O)NC(c2ccc(OC)cc2)C2CC2)cc1. The molecule has 1 unspecified atom stereocenters. The summed E-state index contributed by atoms with van der Waals surface area (Å²) in [5.41, 5.74) is 2.40. The Morgan fingerprint density at radius 1 is 1.04 bits per heavy atom. The van der Waals surface area contributed by atoms with E-state index in [4.69, 9.17) is 4.74 Å². The number of hydrogen-bond donors (Lipinski definition) is 1. The lowest BCUT2D eigenvalue weighted by atomic mass is 10.0. The van der Waals surface area contributed by atoms with Gasteiger partial charge in [0.15, 0.2) is 0 Å². The molecule has 0 radical (unpaired) electrons. The molecule has 0 saturated heterocycles. The number of carbonyl (C=O) groups excluding carboxylic acids is 2. The smallest absolute Gasteiger partial charge is 0.337 e. The summed E-state index contributed by atoms with van der Waals surface area (Å²) >= 11 is 0. The van der Waals surface area contributed by atoms with Crippen molar-refractivity contribution in [2.45, 2.75) is 18.9 Å². The largest absolute Gasteiger partial charge is 0.497 e. The van der Waals surface area contributed by atoms with E-state index in [-0.39, 0.29) is 17.9 Å². The van der Waals surface area contributed by atoms with Gasteiger partial charge in [-0.05, 0) is 60.2 Å². The monoisotopic (exact) mass is 365 g/mol. The molecule has 1 amide bonds. The Morgan fingerprint density at radius 3 is 2.26 bits per heavy atom. The van der Waals surface area contributed by atoms with Crippen LogP contribution in [0.15, 0.2) is 54.6 Å². The van der Waals surface area contributed by atoms with Gasteiger partial charge in [-0.1, -0.05) is 24.3 Å². The Hall–Kier alpha value is -3.08. The number of esters is 1. The third-order valence-corrected chi connectivity index (χ3v) is 4.63. The van der Waals surface area contributed by atoms with Crippen LogP contribution in [0, 0.1) is 5.92 Å². The second-order valence-electron chi connectivity index (χ2n) is 6.54. The van der Waals surface area contributed by atoms with Crippen LogP contribution in [0.3, 0.4) is 0 Å². The topological polar surface area (TPSA) is 64.6 Å². The molecule has 1 saturated carbocycles. The van der Waals surface area contributed by atoms with Gasteiger partial charge in [0.05, 0.1) is 25.8 Å². The Morgan fingerprint density at radius 2 is 1.70 bits per heavy atom. The second-order valence-corrected chi connectivity index (χ2v) is 6.54. The fourth-order valence-electron chi connectivity index (χ4n) is 2.94.